The van der Waals surface area contributed by atoms with Crippen molar-refractivity contribution in [3.05, 3.63) is 59.4 Å². The zero-order valence-electron chi connectivity index (χ0n) is 15.8. The first kappa shape index (κ1) is 20.3. The normalized spacial score (nSPS) is 12.9. The van der Waals surface area contributed by atoms with Crippen LogP contribution in [0.25, 0.3) is 0 Å². The molecule has 8 heteroatoms. The second kappa shape index (κ2) is 9.18. The van der Waals surface area contributed by atoms with E-state index < -0.39 is 24.3 Å². The number of amides is 1. The zero-order chi connectivity index (χ0) is 20.8. The maximum atomic E-state index is 12.9. The highest BCUT2D eigenvalue weighted by atomic mass is 19.1. The van der Waals surface area contributed by atoms with E-state index in [0.717, 1.165) is 5.56 Å². The van der Waals surface area contributed by atoms with Gasteiger partial charge in [0.2, 0.25) is 6.79 Å². The number of Topliss-reactive ketones (excluding diaryl/α,β-unsaturated/α-hetero) is 1. The summed E-state index contributed by atoms with van der Waals surface area (Å²) in [4.78, 5) is 35.7. The molecule has 1 aliphatic rings. The molecule has 0 saturated heterocycles. The predicted molar refractivity (Wildman–Crippen MR) is 100 cm³/mol. The third-order valence-electron chi connectivity index (χ3n) is 4.36. The first-order valence-corrected chi connectivity index (χ1v) is 9.05. The number of rotatable bonds is 8. The SMILES string of the molecule is C[C@H](NC(=O)COC(=O)CCC(=O)c1ccc(F)cc1)c1ccc2c(c1)OCO2. The first-order valence-electron chi connectivity index (χ1n) is 9.05. The highest BCUT2D eigenvalue weighted by Gasteiger charge is 2.18. The maximum Gasteiger partial charge on any atom is 0.306 e. The van der Waals surface area contributed by atoms with Crippen LogP contribution in [0.5, 0.6) is 11.5 Å². The second-order valence-electron chi connectivity index (χ2n) is 6.49. The lowest BCUT2D eigenvalue weighted by Gasteiger charge is -2.15. The van der Waals surface area contributed by atoms with Gasteiger partial charge in [0.1, 0.15) is 5.82 Å². The number of ether oxygens (including phenoxy) is 3. The lowest BCUT2D eigenvalue weighted by Crippen LogP contribution is -2.31. The van der Waals surface area contributed by atoms with Gasteiger partial charge in [-0.25, -0.2) is 4.39 Å². The number of halogens is 1. The van der Waals surface area contributed by atoms with Crippen molar-refractivity contribution in [2.45, 2.75) is 25.8 Å². The quantitative estimate of drug-likeness (QED) is 0.540. The average Bonchev–Trinajstić information content (AvgIpc) is 3.18. The fraction of sp³-hybridized carbons (Fsp3) is 0.286. The summed E-state index contributed by atoms with van der Waals surface area (Å²) in [6, 6.07) is 10.1. The Morgan fingerprint density at radius 1 is 1.07 bits per heavy atom. The van der Waals surface area contributed by atoms with Gasteiger partial charge in [0, 0.05) is 12.0 Å². The molecule has 29 heavy (non-hydrogen) atoms. The van der Waals surface area contributed by atoms with Crippen molar-refractivity contribution in [2.75, 3.05) is 13.4 Å². The van der Waals surface area contributed by atoms with Gasteiger partial charge < -0.3 is 19.5 Å². The summed E-state index contributed by atoms with van der Waals surface area (Å²) in [5, 5.41) is 2.72. The standard InChI is InChI=1S/C21H20FNO6/c1-13(15-4-8-18-19(10-15)29-12-28-18)23-20(25)11-27-21(26)9-7-17(24)14-2-5-16(22)6-3-14/h2-6,8,10,13H,7,9,11-12H2,1H3,(H,23,25)/t13-/m0/s1. The molecule has 2 aromatic rings. The average molecular weight is 401 g/mol. The zero-order valence-corrected chi connectivity index (χ0v) is 15.8. The lowest BCUT2D eigenvalue weighted by molar-refractivity contribution is -0.148. The van der Waals surface area contributed by atoms with Crippen LogP contribution in [-0.4, -0.2) is 31.1 Å². The second-order valence-corrected chi connectivity index (χ2v) is 6.49. The Kier molecular flexibility index (Phi) is 6.43. The molecule has 0 aliphatic carbocycles. The predicted octanol–water partition coefficient (Wildman–Crippen LogP) is 2.94. The lowest BCUT2D eigenvalue weighted by atomic mass is 10.1. The molecule has 7 nitrogen and oxygen atoms in total. The molecule has 1 heterocycles. The van der Waals surface area contributed by atoms with Crippen molar-refractivity contribution in [1.29, 1.82) is 0 Å². The van der Waals surface area contributed by atoms with Crippen LogP contribution in [0.4, 0.5) is 4.39 Å². The van der Waals surface area contributed by atoms with E-state index >= 15 is 0 Å². The number of nitrogens with one attached hydrogen (secondary N) is 1. The molecule has 152 valence electrons. The van der Waals surface area contributed by atoms with E-state index in [-0.39, 0.29) is 31.5 Å². The van der Waals surface area contributed by atoms with Crippen LogP contribution >= 0.6 is 0 Å². The van der Waals surface area contributed by atoms with Crippen molar-refractivity contribution < 1.29 is 33.0 Å². The summed E-state index contributed by atoms with van der Waals surface area (Å²) in [6.07, 6.45) is -0.249. The molecule has 0 aromatic heterocycles. The molecule has 3 rings (SSSR count). The minimum absolute atomic E-state index is 0.0836. The van der Waals surface area contributed by atoms with Gasteiger partial charge in [-0.15, -0.1) is 0 Å². The number of ketones is 1. The van der Waals surface area contributed by atoms with Crippen LogP contribution in [0.2, 0.25) is 0 Å². The Morgan fingerprint density at radius 2 is 1.79 bits per heavy atom. The van der Waals surface area contributed by atoms with Crippen LogP contribution in [0.3, 0.4) is 0 Å². The maximum absolute atomic E-state index is 12.9. The third kappa shape index (κ3) is 5.54. The van der Waals surface area contributed by atoms with Crippen LogP contribution in [0.1, 0.15) is 41.7 Å². The highest BCUT2D eigenvalue weighted by Crippen LogP contribution is 2.34. The fourth-order valence-electron chi connectivity index (χ4n) is 2.76. The monoisotopic (exact) mass is 401 g/mol. The molecule has 2 aromatic carbocycles. The van der Waals surface area contributed by atoms with E-state index in [1.54, 1.807) is 19.1 Å². The van der Waals surface area contributed by atoms with Crippen molar-refractivity contribution in [1.82, 2.24) is 5.32 Å². The van der Waals surface area contributed by atoms with Gasteiger partial charge in [0.05, 0.1) is 12.5 Å². The Labute approximate surface area is 166 Å². The largest absolute Gasteiger partial charge is 0.456 e. The van der Waals surface area contributed by atoms with Crippen LogP contribution in [0, 0.1) is 5.82 Å². The Hall–Kier alpha value is -3.42. The summed E-state index contributed by atoms with van der Waals surface area (Å²) < 4.78 is 28.3. The van der Waals surface area contributed by atoms with Gasteiger partial charge in [-0.3, -0.25) is 14.4 Å². The summed E-state index contributed by atoms with van der Waals surface area (Å²) in [5.41, 5.74) is 1.13. The number of hydrogen-bond donors (Lipinski definition) is 1. The minimum atomic E-state index is -0.661. The van der Waals surface area contributed by atoms with E-state index in [0.29, 0.717) is 17.1 Å². The molecule has 0 unspecified atom stereocenters. The number of carbonyl (C=O) groups is 3. The molecule has 0 bridgehead atoms. The Bertz CT molecular complexity index is 912. The fourth-order valence-corrected chi connectivity index (χ4v) is 2.76. The first-order chi connectivity index (χ1) is 13.9. The summed E-state index contributed by atoms with van der Waals surface area (Å²) >= 11 is 0. The highest BCUT2D eigenvalue weighted by molar-refractivity contribution is 5.97. The Balaban J connectivity index is 1.40. The van der Waals surface area contributed by atoms with Gasteiger partial charge >= 0.3 is 5.97 Å². The van der Waals surface area contributed by atoms with Gasteiger partial charge in [0.15, 0.2) is 23.9 Å². The van der Waals surface area contributed by atoms with E-state index in [1.807, 2.05) is 6.07 Å². The summed E-state index contributed by atoms with van der Waals surface area (Å²) in [7, 11) is 0. The molecule has 0 fully saturated rings. The van der Waals surface area contributed by atoms with Crippen LogP contribution < -0.4 is 14.8 Å². The molecule has 0 spiro atoms. The smallest absolute Gasteiger partial charge is 0.306 e. The topological polar surface area (TPSA) is 90.9 Å². The van der Waals surface area contributed by atoms with Crippen molar-refractivity contribution in [3.63, 3.8) is 0 Å². The molecule has 1 amide bonds. The molecule has 0 saturated carbocycles. The van der Waals surface area contributed by atoms with Crippen LogP contribution in [0.15, 0.2) is 42.5 Å². The third-order valence-corrected chi connectivity index (χ3v) is 4.36. The van der Waals surface area contributed by atoms with Crippen molar-refractivity contribution in [2.24, 2.45) is 0 Å². The summed E-state index contributed by atoms with van der Waals surface area (Å²) in [5.74, 6) is -0.609. The molecule has 1 atom stereocenters. The number of esters is 1. The summed E-state index contributed by atoms with van der Waals surface area (Å²) in [6.45, 7) is 1.51. The number of hydrogen-bond acceptors (Lipinski definition) is 6. The van der Waals surface area contributed by atoms with Crippen LogP contribution in [-0.2, 0) is 14.3 Å². The molecule has 0 radical (unpaired) electrons. The van der Waals surface area contributed by atoms with Crippen molar-refractivity contribution >= 4 is 17.7 Å². The van der Waals surface area contributed by atoms with Crippen molar-refractivity contribution in [3.8, 4) is 11.5 Å². The van der Waals surface area contributed by atoms with E-state index in [2.05, 4.69) is 5.32 Å². The molecular weight excluding hydrogens is 381 g/mol. The van der Waals surface area contributed by atoms with Gasteiger partial charge in [0.25, 0.3) is 5.91 Å². The number of benzene rings is 2. The van der Waals surface area contributed by atoms with E-state index in [9.17, 15) is 18.8 Å². The van der Waals surface area contributed by atoms with Gasteiger partial charge in [-0.2, -0.15) is 0 Å². The van der Waals surface area contributed by atoms with Gasteiger partial charge in [-0.05, 0) is 48.9 Å². The number of carbonyl (C=O) groups excluding carboxylic acids is 3. The number of fused-ring (bicyclic) bond motifs is 1. The van der Waals surface area contributed by atoms with Gasteiger partial charge in [-0.1, -0.05) is 6.07 Å². The van der Waals surface area contributed by atoms with E-state index in [4.69, 9.17) is 14.2 Å². The van der Waals surface area contributed by atoms with E-state index in [1.165, 1.54) is 24.3 Å². The Morgan fingerprint density at radius 3 is 2.55 bits per heavy atom. The molecular formula is C21H20FNO6. The molecule has 1 N–H and O–H groups in total. The molecule has 1 aliphatic heterocycles. The minimum Gasteiger partial charge on any atom is -0.456 e.